The number of imidazole rings is 1. The number of benzene rings is 2. The standard InChI is InChI=1S/C22H20N6O3S/c1-27-14-13-24-21(27)20-19(15-7-3-2-4-8-15)26-22(32-20)25-18(29)11-12-23-16-9-5-6-10-17(16)28(30)31/h2-10,13-14,23H,11-12H2,1H3,(H,25,26,29). The second kappa shape index (κ2) is 9.40. The molecule has 2 aromatic carbocycles. The van der Waals surface area contributed by atoms with Gasteiger partial charge in [-0.25, -0.2) is 9.97 Å². The van der Waals surface area contributed by atoms with Gasteiger partial charge in [-0.15, -0.1) is 0 Å². The normalized spacial score (nSPS) is 10.7. The molecule has 0 aliphatic heterocycles. The second-order valence-corrected chi connectivity index (χ2v) is 7.92. The van der Waals surface area contributed by atoms with Crippen LogP contribution in [0.25, 0.3) is 22.0 Å². The number of thiazole rings is 1. The summed E-state index contributed by atoms with van der Waals surface area (Å²) in [6, 6.07) is 16.1. The Hall–Kier alpha value is -4.05. The van der Waals surface area contributed by atoms with Gasteiger partial charge in [0.05, 0.1) is 15.5 Å². The summed E-state index contributed by atoms with van der Waals surface area (Å²) in [5.41, 5.74) is 2.03. The number of hydrogen-bond donors (Lipinski definition) is 2. The van der Waals surface area contributed by atoms with Crippen LogP contribution in [-0.2, 0) is 11.8 Å². The third-order valence-electron chi connectivity index (χ3n) is 4.71. The summed E-state index contributed by atoms with van der Waals surface area (Å²) in [6.45, 7) is 0.250. The maximum atomic E-state index is 12.5. The van der Waals surface area contributed by atoms with Crippen LogP contribution >= 0.6 is 11.3 Å². The first-order valence-corrected chi connectivity index (χ1v) is 10.7. The molecule has 162 valence electrons. The van der Waals surface area contributed by atoms with E-state index in [9.17, 15) is 14.9 Å². The fourth-order valence-corrected chi connectivity index (χ4v) is 4.22. The number of carbonyl (C=O) groups is 1. The van der Waals surface area contributed by atoms with Crippen LogP contribution in [0.1, 0.15) is 6.42 Å². The zero-order chi connectivity index (χ0) is 22.5. The minimum absolute atomic E-state index is 0.0277. The molecule has 2 heterocycles. The van der Waals surface area contributed by atoms with Gasteiger partial charge in [0.1, 0.15) is 5.69 Å². The molecule has 4 rings (SSSR count). The molecule has 0 spiro atoms. The van der Waals surface area contributed by atoms with Crippen LogP contribution in [0.2, 0.25) is 0 Å². The van der Waals surface area contributed by atoms with E-state index in [-0.39, 0.29) is 24.6 Å². The van der Waals surface area contributed by atoms with E-state index < -0.39 is 4.92 Å². The third kappa shape index (κ3) is 4.65. The summed E-state index contributed by atoms with van der Waals surface area (Å²) in [5.74, 6) is 0.524. The Balaban J connectivity index is 1.48. The van der Waals surface area contributed by atoms with Crippen molar-refractivity contribution in [2.75, 3.05) is 17.2 Å². The molecule has 4 aromatic rings. The van der Waals surface area contributed by atoms with Crippen molar-refractivity contribution in [3.63, 3.8) is 0 Å². The number of nitrogens with one attached hydrogen (secondary N) is 2. The van der Waals surface area contributed by atoms with Crippen LogP contribution in [0.5, 0.6) is 0 Å². The summed E-state index contributed by atoms with van der Waals surface area (Å²) < 4.78 is 1.90. The van der Waals surface area contributed by atoms with Crippen molar-refractivity contribution in [3.8, 4) is 22.0 Å². The van der Waals surface area contributed by atoms with E-state index in [0.717, 1.165) is 22.0 Å². The SMILES string of the molecule is Cn1ccnc1-c1sc(NC(=O)CCNc2ccccc2[N+](=O)[O-])nc1-c1ccccc1. The van der Waals surface area contributed by atoms with Crippen LogP contribution in [0, 0.1) is 10.1 Å². The summed E-state index contributed by atoms with van der Waals surface area (Å²) in [4.78, 5) is 33.1. The molecular weight excluding hydrogens is 428 g/mol. The molecule has 0 saturated carbocycles. The number of anilines is 2. The van der Waals surface area contributed by atoms with Crippen molar-refractivity contribution in [2.45, 2.75) is 6.42 Å². The van der Waals surface area contributed by atoms with E-state index in [2.05, 4.69) is 20.6 Å². The summed E-state index contributed by atoms with van der Waals surface area (Å²) >= 11 is 1.35. The first kappa shape index (κ1) is 21.2. The summed E-state index contributed by atoms with van der Waals surface area (Å²) in [5, 5.41) is 17.4. The molecule has 0 saturated heterocycles. The number of aryl methyl sites for hydroxylation is 1. The molecule has 2 N–H and O–H groups in total. The maximum absolute atomic E-state index is 12.5. The number of nitrogens with zero attached hydrogens (tertiary/aromatic N) is 4. The van der Waals surface area contributed by atoms with Gasteiger partial charge in [0.25, 0.3) is 5.69 Å². The average Bonchev–Trinajstić information content (AvgIpc) is 3.40. The molecule has 10 heteroatoms. The van der Waals surface area contributed by atoms with Crippen molar-refractivity contribution in [1.82, 2.24) is 14.5 Å². The molecule has 0 unspecified atom stereocenters. The van der Waals surface area contributed by atoms with Crippen LogP contribution < -0.4 is 10.6 Å². The number of hydrogen-bond acceptors (Lipinski definition) is 7. The fraction of sp³-hybridized carbons (Fsp3) is 0.136. The first-order valence-electron chi connectivity index (χ1n) is 9.84. The highest BCUT2D eigenvalue weighted by molar-refractivity contribution is 7.19. The second-order valence-electron chi connectivity index (χ2n) is 6.92. The first-order chi connectivity index (χ1) is 15.5. The van der Waals surface area contributed by atoms with E-state index >= 15 is 0 Å². The van der Waals surface area contributed by atoms with Crippen LogP contribution in [-0.4, -0.2) is 31.9 Å². The van der Waals surface area contributed by atoms with Crippen molar-refractivity contribution < 1.29 is 9.72 Å². The number of amides is 1. The predicted molar refractivity (Wildman–Crippen MR) is 125 cm³/mol. The molecule has 0 bridgehead atoms. The molecule has 0 aliphatic rings. The fourth-order valence-electron chi connectivity index (χ4n) is 3.18. The molecular formula is C22H20N6O3S. The Morgan fingerprint density at radius 3 is 2.62 bits per heavy atom. The van der Waals surface area contributed by atoms with E-state index in [1.54, 1.807) is 24.4 Å². The van der Waals surface area contributed by atoms with Gasteiger partial charge in [-0.05, 0) is 6.07 Å². The van der Waals surface area contributed by atoms with E-state index in [1.807, 2.05) is 48.1 Å². The molecule has 0 aliphatic carbocycles. The van der Waals surface area contributed by atoms with E-state index in [4.69, 9.17) is 0 Å². The number of rotatable bonds is 8. The van der Waals surface area contributed by atoms with Gasteiger partial charge in [0.2, 0.25) is 5.91 Å². The molecule has 0 atom stereocenters. The van der Waals surface area contributed by atoms with Crippen LogP contribution in [0.4, 0.5) is 16.5 Å². The van der Waals surface area contributed by atoms with Crippen LogP contribution in [0.15, 0.2) is 67.0 Å². The van der Waals surface area contributed by atoms with Gasteiger partial charge >= 0.3 is 0 Å². The topological polar surface area (TPSA) is 115 Å². The predicted octanol–water partition coefficient (Wildman–Crippen LogP) is 4.56. The van der Waals surface area contributed by atoms with Gasteiger partial charge < -0.3 is 15.2 Å². The van der Waals surface area contributed by atoms with Crippen molar-refractivity contribution in [1.29, 1.82) is 0 Å². The average molecular weight is 449 g/mol. The zero-order valence-electron chi connectivity index (χ0n) is 17.2. The van der Waals surface area contributed by atoms with Gasteiger partial charge in [-0.3, -0.25) is 14.9 Å². The Morgan fingerprint density at radius 2 is 1.91 bits per heavy atom. The molecule has 1 amide bonds. The van der Waals surface area contributed by atoms with Crippen molar-refractivity contribution in [3.05, 3.63) is 77.1 Å². The lowest BCUT2D eigenvalue weighted by atomic mass is 10.1. The number of para-hydroxylation sites is 2. The van der Waals surface area contributed by atoms with E-state index in [1.165, 1.54) is 17.4 Å². The maximum Gasteiger partial charge on any atom is 0.292 e. The van der Waals surface area contributed by atoms with Gasteiger partial charge in [-0.2, -0.15) is 0 Å². The monoisotopic (exact) mass is 448 g/mol. The van der Waals surface area contributed by atoms with E-state index in [0.29, 0.717) is 10.8 Å². The number of nitro groups is 1. The lowest BCUT2D eigenvalue weighted by Gasteiger charge is -2.06. The summed E-state index contributed by atoms with van der Waals surface area (Å²) in [7, 11) is 1.91. The van der Waals surface area contributed by atoms with Gasteiger partial charge in [0, 0.05) is 44.0 Å². The molecule has 9 nitrogen and oxygen atoms in total. The number of carbonyl (C=O) groups excluding carboxylic acids is 1. The Morgan fingerprint density at radius 1 is 1.16 bits per heavy atom. The lowest BCUT2D eigenvalue weighted by Crippen LogP contribution is -2.16. The number of nitro benzene ring substituents is 1. The van der Waals surface area contributed by atoms with Gasteiger partial charge in [-0.1, -0.05) is 53.8 Å². The minimum atomic E-state index is -0.456. The lowest BCUT2D eigenvalue weighted by molar-refractivity contribution is -0.384. The van der Waals surface area contributed by atoms with Gasteiger partial charge in [0.15, 0.2) is 11.0 Å². The Bertz CT molecular complexity index is 1250. The quantitative estimate of drug-likeness (QED) is 0.302. The van der Waals surface area contributed by atoms with Crippen molar-refractivity contribution in [2.24, 2.45) is 7.05 Å². The largest absolute Gasteiger partial charge is 0.379 e. The molecule has 0 fully saturated rings. The zero-order valence-corrected chi connectivity index (χ0v) is 18.0. The minimum Gasteiger partial charge on any atom is -0.379 e. The highest BCUT2D eigenvalue weighted by Crippen LogP contribution is 2.38. The third-order valence-corrected chi connectivity index (χ3v) is 5.68. The van der Waals surface area contributed by atoms with Crippen molar-refractivity contribution >= 4 is 33.8 Å². The highest BCUT2D eigenvalue weighted by Gasteiger charge is 2.19. The molecule has 32 heavy (non-hydrogen) atoms. The molecule has 0 radical (unpaired) electrons. The number of aromatic nitrogens is 3. The smallest absolute Gasteiger partial charge is 0.292 e. The Kier molecular flexibility index (Phi) is 6.22. The molecule has 2 aromatic heterocycles. The van der Waals surface area contributed by atoms with Crippen LogP contribution in [0.3, 0.4) is 0 Å². The Labute approximate surface area is 187 Å². The summed E-state index contributed by atoms with van der Waals surface area (Å²) in [6.07, 6.45) is 3.71. The highest BCUT2D eigenvalue weighted by atomic mass is 32.1.